The molecule has 1 saturated heterocycles. The lowest BCUT2D eigenvalue weighted by Gasteiger charge is -2.14. The molecule has 0 unspecified atom stereocenters. The smallest absolute Gasteiger partial charge is 0.131 e. The number of likely N-dealkylation sites (tertiary alicyclic amines) is 1. The standard InChI is InChI=1S/C15H26N4S/c1-12(2)15-17-13(11-14(20)18-15)16-7-3-4-8-19-9-5-6-10-19/h11-12H,3-10H2,1-2H3,(H2,16,17,18,20). The Morgan fingerprint density at radius 1 is 1.35 bits per heavy atom. The van der Waals surface area contributed by atoms with Crippen LogP contribution in [0.4, 0.5) is 5.82 Å². The van der Waals surface area contributed by atoms with Crippen molar-refractivity contribution in [3.63, 3.8) is 0 Å². The largest absolute Gasteiger partial charge is 0.372 e. The highest BCUT2D eigenvalue weighted by molar-refractivity contribution is 7.71. The quantitative estimate of drug-likeness (QED) is 0.596. The Bertz CT molecular complexity index is 463. The molecule has 4 nitrogen and oxygen atoms in total. The van der Waals surface area contributed by atoms with Gasteiger partial charge in [-0.3, -0.25) is 0 Å². The van der Waals surface area contributed by atoms with Gasteiger partial charge in [0.2, 0.25) is 0 Å². The molecule has 1 aliphatic heterocycles. The van der Waals surface area contributed by atoms with Crippen molar-refractivity contribution in [2.75, 3.05) is 31.5 Å². The molecule has 1 aromatic heterocycles. The summed E-state index contributed by atoms with van der Waals surface area (Å²) in [5.74, 6) is 2.32. The Kier molecular flexibility index (Phi) is 5.98. The van der Waals surface area contributed by atoms with Gasteiger partial charge in [0.15, 0.2) is 0 Å². The maximum absolute atomic E-state index is 5.20. The van der Waals surface area contributed by atoms with E-state index in [0.717, 1.165) is 18.2 Å². The maximum atomic E-state index is 5.20. The first-order chi connectivity index (χ1) is 9.65. The van der Waals surface area contributed by atoms with Gasteiger partial charge in [-0.1, -0.05) is 26.1 Å². The zero-order valence-electron chi connectivity index (χ0n) is 12.6. The van der Waals surface area contributed by atoms with Crippen LogP contribution >= 0.6 is 12.2 Å². The summed E-state index contributed by atoms with van der Waals surface area (Å²) in [7, 11) is 0. The second-order valence-electron chi connectivity index (χ2n) is 5.86. The van der Waals surface area contributed by atoms with Gasteiger partial charge in [0, 0.05) is 18.5 Å². The van der Waals surface area contributed by atoms with E-state index in [9.17, 15) is 0 Å². The Morgan fingerprint density at radius 2 is 2.10 bits per heavy atom. The van der Waals surface area contributed by atoms with Gasteiger partial charge in [-0.15, -0.1) is 0 Å². The third kappa shape index (κ3) is 4.87. The average Bonchev–Trinajstić information content (AvgIpc) is 2.91. The summed E-state index contributed by atoms with van der Waals surface area (Å²) < 4.78 is 0.659. The summed E-state index contributed by atoms with van der Waals surface area (Å²) in [5, 5.41) is 3.43. The highest BCUT2D eigenvalue weighted by atomic mass is 32.1. The minimum Gasteiger partial charge on any atom is -0.372 e. The summed E-state index contributed by atoms with van der Waals surface area (Å²) in [4.78, 5) is 10.2. The van der Waals surface area contributed by atoms with Gasteiger partial charge >= 0.3 is 0 Å². The number of unbranched alkanes of at least 4 members (excludes halogenated alkanes) is 1. The first-order valence-corrected chi connectivity index (χ1v) is 8.13. The van der Waals surface area contributed by atoms with E-state index >= 15 is 0 Å². The molecule has 0 saturated carbocycles. The molecule has 0 spiro atoms. The molecule has 20 heavy (non-hydrogen) atoms. The van der Waals surface area contributed by atoms with Crippen molar-refractivity contribution in [1.82, 2.24) is 14.9 Å². The Balaban J connectivity index is 1.72. The van der Waals surface area contributed by atoms with E-state index in [0.29, 0.717) is 10.6 Å². The summed E-state index contributed by atoms with van der Waals surface area (Å²) >= 11 is 5.20. The first-order valence-electron chi connectivity index (χ1n) is 7.72. The fraction of sp³-hybridized carbons (Fsp3) is 0.733. The maximum Gasteiger partial charge on any atom is 0.131 e. The van der Waals surface area contributed by atoms with Crippen molar-refractivity contribution < 1.29 is 0 Å². The van der Waals surface area contributed by atoms with Crippen molar-refractivity contribution >= 4 is 18.0 Å². The monoisotopic (exact) mass is 294 g/mol. The van der Waals surface area contributed by atoms with Crippen LogP contribution in [-0.4, -0.2) is 41.0 Å². The zero-order valence-corrected chi connectivity index (χ0v) is 13.4. The van der Waals surface area contributed by atoms with Gasteiger partial charge in [0.1, 0.15) is 16.3 Å². The van der Waals surface area contributed by atoms with Crippen molar-refractivity contribution in [3.8, 4) is 0 Å². The van der Waals surface area contributed by atoms with Crippen LogP contribution in [0.25, 0.3) is 0 Å². The molecule has 5 heteroatoms. The molecule has 2 rings (SSSR count). The SMILES string of the molecule is CC(C)c1nc(=S)cc(NCCCCN2CCCC2)[nH]1. The van der Waals surface area contributed by atoms with E-state index in [1.807, 2.05) is 6.07 Å². The van der Waals surface area contributed by atoms with Crippen LogP contribution in [0, 0.1) is 4.64 Å². The number of rotatable bonds is 7. The molecule has 1 aromatic rings. The minimum absolute atomic E-state index is 0.369. The van der Waals surface area contributed by atoms with E-state index in [4.69, 9.17) is 12.2 Å². The predicted octanol–water partition coefficient (Wildman–Crippen LogP) is 3.55. The molecule has 0 bridgehead atoms. The van der Waals surface area contributed by atoms with Gasteiger partial charge < -0.3 is 15.2 Å². The normalized spacial score (nSPS) is 15.9. The number of hydrogen-bond donors (Lipinski definition) is 2. The lowest BCUT2D eigenvalue weighted by atomic mass is 10.2. The molecule has 0 aromatic carbocycles. The average molecular weight is 294 g/mol. The van der Waals surface area contributed by atoms with Crippen LogP contribution in [0.15, 0.2) is 6.07 Å². The summed E-state index contributed by atoms with van der Waals surface area (Å²) in [5.41, 5.74) is 0. The number of nitrogens with one attached hydrogen (secondary N) is 2. The van der Waals surface area contributed by atoms with Gasteiger partial charge in [-0.05, 0) is 45.3 Å². The highest BCUT2D eigenvalue weighted by Gasteiger charge is 2.10. The third-order valence-corrected chi connectivity index (χ3v) is 3.93. The topological polar surface area (TPSA) is 44.0 Å². The lowest BCUT2D eigenvalue weighted by molar-refractivity contribution is 0.331. The number of H-pyrrole nitrogens is 1. The summed E-state index contributed by atoms with van der Waals surface area (Å²) in [6, 6.07) is 1.90. The zero-order chi connectivity index (χ0) is 14.4. The minimum atomic E-state index is 0.369. The van der Waals surface area contributed by atoms with E-state index in [-0.39, 0.29) is 0 Å². The molecule has 1 aliphatic rings. The molecule has 0 amide bonds. The molecule has 0 radical (unpaired) electrons. The highest BCUT2D eigenvalue weighted by Crippen LogP contribution is 2.12. The Hall–Kier alpha value is -0.940. The molecular formula is C15H26N4S. The van der Waals surface area contributed by atoms with Crippen molar-refractivity contribution in [2.24, 2.45) is 0 Å². The number of hydrogen-bond acceptors (Lipinski definition) is 4. The second kappa shape index (κ2) is 7.74. The molecule has 2 heterocycles. The van der Waals surface area contributed by atoms with Crippen molar-refractivity contribution in [1.29, 1.82) is 0 Å². The fourth-order valence-corrected chi connectivity index (χ4v) is 2.75. The molecular weight excluding hydrogens is 268 g/mol. The van der Waals surface area contributed by atoms with E-state index in [2.05, 4.69) is 34.0 Å². The Morgan fingerprint density at radius 3 is 2.80 bits per heavy atom. The molecule has 112 valence electrons. The number of nitrogens with zero attached hydrogens (tertiary/aromatic N) is 2. The number of aromatic nitrogens is 2. The lowest BCUT2D eigenvalue weighted by Crippen LogP contribution is -2.21. The fourth-order valence-electron chi connectivity index (χ4n) is 2.53. The number of aromatic amines is 1. The van der Waals surface area contributed by atoms with E-state index in [1.54, 1.807) is 0 Å². The third-order valence-electron chi connectivity index (χ3n) is 3.72. The van der Waals surface area contributed by atoms with Crippen LogP contribution in [-0.2, 0) is 0 Å². The van der Waals surface area contributed by atoms with Crippen LogP contribution < -0.4 is 5.32 Å². The summed E-state index contributed by atoms with van der Waals surface area (Å²) in [6.45, 7) is 9.05. The van der Waals surface area contributed by atoms with Crippen molar-refractivity contribution in [3.05, 3.63) is 16.5 Å². The van der Waals surface area contributed by atoms with Crippen molar-refractivity contribution in [2.45, 2.75) is 45.4 Å². The van der Waals surface area contributed by atoms with Gasteiger partial charge in [0.05, 0.1) is 0 Å². The molecule has 0 aliphatic carbocycles. The van der Waals surface area contributed by atoms with Crippen LogP contribution in [0.5, 0.6) is 0 Å². The van der Waals surface area contributed by atoms with Crippen LogP contribution in [0.2, 0.25) is 0 Å². The molecule has 2 N–H and O–H groups in total. The molecule has 0 atom stereocenters. The van der Waals surface area contributed by atoms with Crippen LogP contribution in [0.3, 0.4) is 0 Å². The Labute approximate surface area is 127 Å². The van der Waals surface area contributed by atoms with E-state index in [1.165, 1.54) is 45.3 Å². The summed E-state index contributed by atoms with van der Waals surface area (Å²) in [6.07, 6.45) is 5.21. The predicted molar refractivity (Wildman–Crippen MR) is 86.9 cm³/mol. The van der Waals surface area contributed by atoms with Gasteiger partial charge in [-0.2, -0.15) is 0 Å². The number of anilines is 1. The van der Waals surface area contributed by atoms with E-state index < -0.39 is 0 Å². The van der Waals surface area contributed by atoms with Crippen LogP contribution in [0.1, 0.15) is 51.3 Å². The first kappa shape index (κ1) is 15.4. The molecule has 1 fully saturated rings. The van der Waals surface area contributed by atoms with Gasteiger partial charge in [-0.25, -0.2) is 4.98 Å². The second-order valence-corrected chi connectivity index (χ2v) is 6.27. The van der Waals surface area contributed by atoms with Gasteiger partial charge in [0.25, 0.3) is 0 Å².